The lowest BCUT2D eigenvalue weighted by Gasteiger charge is -2.19. The Hall–Kier alpha value is -2.03. The molecule has 0 amide bonds. The van der Waals surface area contributed by atoms with Gasteiger partial charge in [-0.2, -0.15) is 4.72 Å². The van der Waals surface area contributed by atoms with Crippen LogP contribution in [0.15, 0.2) is 70.3 Å². The number of nitrogens with one attached hydrogen (secondary N) is 1. The molecule has 0 saturated carbocycles. The fourth-order valence-electron chi connectivity index (χ4n) is 2.46. The molecule has 0 spiro atoms. The molecule has 1 unspecified atom stereocenters. The first kappa shape index (κ1) is 17.8. The summed E-state index contributed by atoms with van der Waals surface area (Å²) < 4.78 is 44.8. The molecule has 8 heteroatoms. The molecule has 1 N–H and O–H groups in total. The molecule has 0 aliphatic heterocycles. The van der Waals surface area contributed by atoms with E-state index in [2.05, 4.69) is 25.6 Å². The fraction of sp³-hybridized carbons (Fsp3) is 0.118. The molecule has 0 aliphatic rings. The zero-order valence-electron chi connectivity index (χ0n) is 13.2. The Kier molecular flexibility index (Phi) is 5.03. The van der Waals surface area contributed by atoms with E-state index in [9.17, 15) is 12.8 Å². The summed E-state index contributed by atoms with van der Waals surface area (Å²) in [4.78, 5) is 4.28. The lowest BCUT2D eigenvalue weighted by molar-refractivity contribution is 0.545. The summed E-state index contributed by atoms with van der Waals surface area (Å²) >= 11 is 3.27. The first-order valence-electron chi connectivity index (χ1n) is 7.38. The highest BCUT2D eigenvalue weighted by Crippen LogP contribution is 2.25. The molecule has 25 heavy (non-hydrogen) atoms. The highest BCUT2D eigenvalue weighted by Gasteiger charge is 2.27. The fourth-order valence-corrected chi connectivity index (χ4v) is 3.89. The number of aromatic nitrogens is 2. The van der Waals surface area contributed by atoms with Crippen molar-refractivity contribution in [2.24, 2.45) is 7.05 Å². The number of imidazole rings is 1. The third-order valence-electron chi connectivity index (χ3n) is 3.73. The lowest BCUT2D eigenvalue weighted by Crippen LogP contribution is -2.31. The van der Waals surface area contributed by atoms with Crippen LogP contribution in [0.1, 0.15) is 17.4 Å². The molecule has 1 atom stereocenters. The molecule has 2 aromatic carbocycles. The van der Waals surface area contributed by atoms with E-state index in [0.29, 0.717) is 5.82 Å². The quantitative estimate of drug-likeness (QED) is 0.683. The Bertz CT molecular complexity index is 987. The minimum absolute atomic E-state index is 0.0891. The molecule has 0 fully saturated rings. The van der Waals surface area contributed by atoms with E-state index in [1.165, 1.54) is 24.4 Å². The van der Waals surface area contributed by atoms with Crippen LogP contribution in [0.25, 0.3) is 0 Å². The predicted octanol–water partition coefficient (Wildman–Crippen LogP) is 3.39. The van der Waals surface area contributed by atoms with Gasteiger partial charge in [-0.1, -0.05) is 34.1 Å². The summed E-state index contributed by atoms with van der Waals surface area (Å²) in [7, 11) is -2.15. The van der Waals surface area contributed by atoms with Crippen LogP contribution >= 0.6 is 15.9 Å². The Morgan fingerprint density at radius 2 is 1.84 bits per heavy atom. The average molecular weight is 424 g/mol. The van der Waals surface area contributed by atoms with Gasteiger partial charge in [-0.25, -0.2) is 17.8 Å². The molecule has 1 heterocycles. The maximum absolute atomic E-state index is 14.3. The topological polar surface area (TPSA) is 64.0 Å². The normalized spacial score (nSPS) is 12.9. The second-order valence-corrected chi connectivity index (χ2v) is 8.06. The van der Waals surface area contributed by atoms with E-state index < -0.39 is 21.9 Å². The molecule has 3 rings (SSSR count). The van der Waals surface area contributed by atoms with Crippen LogP contribution in [0.3, 0.4) is 0 Å². The number of hydrogen-bond acceptors (Lipinski definition) is 3. The summed E-state index contributed by atoms with van der Waals surface area (Å²) in [5, 5.41) is 0. The van der Waals surface area contributed by atoms with Crippen LogP contribution in [0, 0.1) is 5.82 Å². The Labute approximate surface area is 153 Å². The summed E-state index contributed by atoms with van der Waals surface area (Å²) in [6.45, 7) is 0. The van der Waals surface area contributed by atoms with E-state index in [1.54, 1.807) is 48.1 Å². The van der Waals surface area contributed by atoms with Gasteiger partial charge >= 0.3 is 0 Å². The molecular weight excluding hydrogens is 409 g/mol. The van der Waals surface area contributed by atoms with Crippen LogP contribution < -0.4 is 4.72 Å². The highest BCUT2D eigenvalue weighted by atomic mass is 79.9. The van der Waals surface area contributed by atoms with Gasteiger partial charge in [0.15, 0.2) is 0 Å². The molecule has 3 aromatic rings. The molecule has 0 aliphatic carbocycles. The molecule has 0 radical (unpaired) electrons. The van der Waals surface area contributed by atoms with Gasteiger partial charge in [-0.15, -0.1) is 0 Å². The van der Waals surface area contributed by atoms with Crippen LogP contribution in [0.4, 0.5) is 4.39 Å². The van der Waals surface area contributed by atoms with E-state index in [1.807, 2.05) is 0 Å². The van der Waals surface area contributed by atoms with Crippen molar-refractivity contribution in [3.05, 3.63) is 82.6 Å². The zero-order chi connectivity index (χ0) is 18.0. The van der Waals surface area contributed by atoms with Gasteiger partial charge in [-0.3, -0.25) is 0 Å². The van der Waals surface area contributed by atoms with Gasteiger partial charge in [0.25, 0.3) is 0 Å². The molecule has 130 valence electrons. The Morgan fingerprint density at radius 3 is 2.44 bits per heavy atom. The minimum Gasteiger partial charge on any atom is -0.336 e. The van der Waals surface area contributed by atoms with Crippen molar-refractivity contribution in [1.82, 2.24) is 14.3 Å². The van der Waals surface area contributed by atoms with Gasteiger partial charge in [-0.05, 0) is 30.3 Å². The lowest BCUT2D eigenvalue weighted by atomic mass is 10.1. The van der Waals surface area contributed by atoms with E-state index >= 15 is 0 Å². The second-order valence-electron chi connectivity index (χ2n) is 5.43. The summed E-state index contributed by atoms with van der Waals surface area (Å²) in [5.74, 6) is -0.111. The number of rotatable bonds is 5. The monoisotopic (exact) mass is 423 g/mol. The standard InChI is InChI=1S/C17H15BrFN3O2S/c1-22-11-10-20-17(22)16(14-4-2-3-5-15(14)19)21-25(23,24)13-8-6-12(18)7-9-13/h2-11,16,21H,1H3. The first-order chi connectivity index (χ1) is 11.9. The van der Waals surface area contributed by atoms with Gasteiger partial charge in [0, 0.05) is 29.5 Å². The Morgan fingerprint density at radius 1 is 1.16 bits per heavy atom. The number of halogens is 2. The first-order valence-corrected chi connectivity index (χ1v) is 9.65. The van der Waals surface area contributed by atoms with Crippen molar-refractivity contribution >= 4 is 26.0 Å². The number of benzene rings is 2. The third kappa shape index (κ3) is 3.81. The maximum atomic E-state index is 14.3. The van der Waals surface area contributed by atoms with Crippen LogP contribution in [-0.2, 0) is 17.1 Å². The Balaban J connectivity index is 2.06. The summed E-state index contributed by atoms with van der Waals surface area (Å²) in [6, 6.07) is 11.3. The van der Waals surface area contributed by atoms with Crippen molar-refractivity contribution < 1.29 is 12.8 Å². The van der Waals surface area contributed by atoms with Gasteiger partial charge in [0.1, 0.15) is 17.7 Å². The summed E-state index contributed by atoms with van der Waals surface area (Å²) in [5.41, 5.74) is 0.206. The van der Waals surface area contributed by atoms with E-state index in [4.69, 9.17) is 0 Å². The predicted molar refractivity (Wildman–Crippen MR) is 95.9 cm³/mol. The molecule has 1 aromatic heterocycles. The van der Waals surface area contributed by atoms with Crippen molar-refractivity contribution in [1.29, 1.82) is 0 Å². The summed E-state index contributed by atoms with van der Waals surface area (Å²) in [6.07, 6.45) is 3.22. The van der Waals surface area contributed by atoms with Crippen LogP contribution in [0.5, 0.6) is 0 Å². The number of aryl methyl sites for hydroxylation is 1. The zero-order valence-corrected chi connectivity index (χ0v) is 15.6. The van der Waals surface area contributed by atoms with Crippen molar-refractivity contribution in [3.63, 3.8) is 0 Å². The molecule has 0 bridgehead atoms. The van der Waals surface area contributed by atoms with Crippen molar-refractivity contribution in [2.45, 2.75) is 10.9 Å². The van der Waals surface area contributed by atoms with Crippen molar-refractivity contribution in [3.8, 4) is 0 Å². The second kappa shape index (κ2) is 7.07. The van der Waals surface area contributed by atoms with E-state index in [0.717, 1.165) is 4.47 Å². The largest absolute Gasteiger partial charge is 0.336 e. The molecule has 0 saturated heterocycles. The van der Waals surface area contributed by atoms with Gasteiger partial charge < -0.3 is 4.57 Å². The molecular formula is C17H15BrFN3O2S. The van der Waals surface area contributed by atoms with Crippen LogP contribution in [0.2, 0.25) is 0 Å². The SMILES string of the molecule is Cn1ccnc1C(NS(=O)(=O)c1ccc(Br)cc1)c1ccccc1F. The third-order valence-corrected chi connectivity index (χ3v) is 5.70. The van der Waals surface area contributed by atoms with Crippen molar-refractivity contribution in [2.75, 3.05) is 0 Å². The number of nitrogens with zero attached hydrogens (tertiary/aromatic N) is 2. The average Bonchev–Trinajstić information content (AvgIpc) is 3.00. The van der Waals surface area contributed by atoms with Gasteiger partial charge in [0.05, 0.1) is 4.90 Å². The highest BCUT2D eigenvalue weighted by molar-refractivity contribution is 9.10. The van der Waals surface area contributed by atoms with Crippen LogP contribution in [-0.4, -0.2) is 18.0 Å². The number of hydrogen-bond donors (Lipinski definition) is 1. The minimum atomic E-state index is -3.87. The number of sulfonamides is 1. The smallest absolute Gasteiger partial charge is 0.241 e. The van der Waals surface area contributed by atoms with Gasteiger partial charge in [0.2, 0.25) is 10.0 Å². The molecule has 5 nitrogen and oxygen atoms in total. The maximum Gasteiger partial charge on any atom is 0.241 e. The van der Waals surface area contributed by atoms with E-state index in [-0.39, 0.29) is 10.5 Å².